The van der Waals surface area contributed by atoms with Gasteiger partial charge >= 0.3 is 0 Å². The molecule has 0 fully saturated rings. The molecule has 21 heavy (non-hydrogen) atoms. The monoisotopic (exact) mass is 301 g/mol. The van der Waals surface area contributed by atoms with Crippen LogP contribution in [0.5, 0.6) is 0 Å². The van der Waals surface area contributed by atoms with Crippen molar-refractivity contribution in [3.8, 4) is 0 Å². The Labute approximate surface area is 127 Å². The van der Waals surface area contributed by atoms with Crippen LogP contribution in [0.3, 0.4) is 0 Å². The van der Waals surface area contributed by atoms with Crippen molar-refractivity contribution in [1.82, 2.24) is 5.32 Å². The topological polar surface area (TPSA) is 46.2 Å². The predicted octanol–water partition coefficient (Wildman–Crippen LogP) is 3.06. The Morgan fingerprint density at radius 3 is 2.52 bits per heavy atom. The number of benzene rings is 2. The first kappa shape index (κ1) is 15.4. The Bertz CT molecular complexity index is 640. The van der Waals surface area contributed by atoms with Gasteiger partial charge < -0.3 is 5.32 Å². The van der Waals surface area contributed by atoms with E-state index in [-0.39, 0.29) is 11.9 Å². The number of carbonyl (C=O) groups is 1. The van der Waals surface area contributed by atoms with Crippen molar-refractivity contribution in [2.45, 2.75) is 18.7 Å². The van der Waals surface area contributed by atoms with Crippen LogP contribution in [0.15, 0.2) is 54.6 Å². The molecule has 0 aromatic heterocycles. The van der Waals surface area contributed by atoms with E-state index in [9.17, 15) is 9.00 Å². The van der Waals surface area contributed by atoms with Gasteiger partial charge in [0.15, 0.2) is 0 Å². The third-order valence-corrected chi connectivity index (χ3v) is 3.95. The lowest BCUT2D eigenvalue weighted by molar-refractivity contribution is 0.0940. The van der Waals surface area contributed by atoms with Gasteiger partial charge in [0.2, 0.25) is 0 Å². The highest BCUT2D eigenvalue weighted by Gasteiger charge is 2.11. The molecule has 0 saturated carbocycles. The molecule has 0 spiro atoms. The molecule has 0 saturated heterocycles. The second-order valence-electron chi connectivity index (χ2n) is 5.02. The minimum Gasteiger partial charge on any atom is -0.346 e. The lowest BCUT2D eigenvalue weighted by Gasteiger charge is -2.14. The van der Waals surface area contributed by atoms with Crippen LogP contribution >= 0.6 is 0 Å². The molecule has 2 atom stereocenters. The van der Waals surface area contributed by atoms with Crippen molar-refractivity contribution in [2.75, 3.05) is 6.26 Å². The Kier molecular flexibility index (Phi) is 5.28. The summed E-state index contributed by atoms with van der Waals surface area (Å²) in [6, 6.07) is 17.1. The summed E-state index contributed by atoms with van der Waals surface area (Å²) in [7, 11) is -0.910. The maximum atomic E-state index is 12.3. The Morgan fingerprint density at radius 1 is 1.14 bits per heavy atom. The van der Waals surface area contributed by atoms with Gasteiger partial charge in [0.1, 0.15) is 0 Å². The van der Waals surface area contributed by atoms with Crippen LogP contribution < -0.4 is 5.32 Å². The number of hydrogen-bond acceptors (Lipinski definition) is 2. The normalized spacial score (nSPS) is 13.4. The predicted molar refractivity (Wildman–Crippen MR) is 86.5 cm³/mol. The first-order valence-electron chi connectivity index (χ1n) is 6.81. The molecule has 1 amide bonds. The molecule has 0 aliphatic carbocycles. The summed E-state index contributed by atoms with van der Waals surface area (Å²) in [6.45, 7) is 1.96. The molecule has 3 nitrogen and oxygen atoms in total. The van der Waals surface area contributed by atoms with E-state index < -0.39 is 10.8 Å². The molecule has 2 aromatic rings. The van der Waals surface area contributed by atoms with E-state index in [4.69, 9.17) is 0 Å². The molecule has 0 heterocycles. The molecule has 0 bridgehead atoms. The van der Waals surface area contributed by atoms with Crippen LogP contribution in [0, 0.1) is 0 Å². The van der Waals surface area contributed by atoms with E-state index in [1.807, 2.05) is 49.4 Å². The second kappa shape index (κ2) is 7.18. The third kappa shape index (κ3) is 4.53. The number of amides is 1. The zero-order valence-electron chi connectivity index (χ0n) is 12.2. The summed E-state index contributed by atoms with van der Waals surface area (Å²) >= 11 is 0. The van der Waals surface area contributed by atoms with E-state index in [0.717, 1.165) is 11.1 Å². The molecule has 0 radical (unpaired) electrons. The van der Waals surface area contributed by atoms with E-state index in [1.165, 1.54) is 0 Å². The molecule has 0 unspecified atom stereocenters. The van der Waals surface area contributed by atoms with Gasteiger partial charge in [-0.2, -0.15) is 0 Å². The van der Waals surface area contributed by atoms with Gasteiger partial charge in [-0.25, -0.2) is 0 Å². The van der Waals surface area contributed by atoms with E-state index >= 15 is 0 Å². The highest BCUT2D eigenvalue weighted by atomic mass is 32.2. The smallest absolute Gasteiger partial charge is 0.251 e. The van der Waals surface area contributed by atoms with Gasteiger partial charge in [0.25, 0.3) is 5.91 Å². The molecule has 110 valence electrons. The molecule has 2 aromatic carbocycles. The van der Waals surface area contributed by atoms with Gasteiger partial charge in [-0.3, -0.25) is 9.00 Å². The van der Waals surface area contributed by atoms with Crippen LogP contribution in [0.1, 0.15) is 34.5 Å². The minimum absolute atomic E-state index is 0.0531. The van der Waals surface area contributed by atoms with Gasteiger partial charge in [0, 0.05) is 28.4 Å². The van der Waals surface area contributed by atoms with E-state index in [2.05, 4.69) is 5.32 Å². The first-order chi connectivity index (χ1) is 10.1. The highest BCUT2D eigenvalue weighted by molar-refractivity contribution is 7.83. The van der Waals surface area contributed by atoms with Crippen LogP contribution in [0.2, 0.25) is 0 Å². The molecular weight excluding hydrogens is 282 g/mol. The Morgan fingerprint density at radius 2 is 1.86 bits per heavy atom. The van der Waals surface area contributed by atoms with Crippen LogP contribution in [0.25, 0.3) is 0 Å². The standard InChI is InChI=1S/C17H19NO2S/c1-13(15-8-4-3-5-9-15)18-17(19)16-10-6-7-14(11-16)12-21(2)20/h3-11,13H,12H2,1-2H3,(H,18,19)/t13-,21-/m0/s1. The number of carbonyl (C=O) groups excluding carboxylic acids is 1. The van der Waals surface area contributed by atoms with Crippen molar-refractivity contribution in [3.05, 3.63) is 71.3 Å². The maximum absolute atomic E-state index is 12.3. The fraction of sp³-hybridized carbons (Fsp3) is 0.235. The van der Waals surface area contributed by atoms with Crippen molar-refractivity contribution >= 4 is 16.7 Å². The number of rotatable bonds is 5. The Balaban J connectivity index is 2.08. The van der Waals surface area contributed by atoms with E-state index in [1.54, 1.807) is 18.4 Å². The summed E-state index contributed by atoms with van der Waals surface area (Å²) in [4.78, 5) is 12.3. The second-order valence-corrected chi connectivity index (χ2v) is 6.46. The summed E-state index contributed by atoms with van der Waals surface area (Å²) in [5.74, 6) is 0.352. The zero-order chi connectivity index (χ0) is 15.2. The zero-order valence-corrected chi connectivity index (χ0v) is 13.0. The fourth-order valence-corrected chi connectivity index (χ4v) is 2.79. The molecule has 0 aliphatic rings. The molecule has 4 heteroatoms. The highest BCUT2D eigenvalue weighted by Crippen LogP contribution is 2.13. The van der Waals surface area contributed by atoms with Gasteiger partial charge in [-0.1, -0.05) is 42.5 Å². The maximum Gasteiger partial charge on any atom is 0.251 e. The van der Waals surface area contributed by atoms with Crippen LogP contribution in [-0.4, -0.2) is 16.4 Å². The molecule has 0 aliphatic heterocycles. The number of hydrogen-bond donors (Lipinski definition) is 1. The Hall–Kier alpha value is -1.94. The molecular formula is C17H19NO2S. The van der Waals surface area contributed by atoms with Crippen LogP contribution in [0.4, 0.5) is 0 Å². The molecule has 1 N–H and O–H groups in total. The largest absolute Gasteiger partial charge is 0.346 e. The summed E-state index contributed by atoms with van der Waals surface area (Å²) < 4.78 is 11.3. The summed E-state index contributed by atoms with van der Waals surface area (Å²) in [5.41, 5.74) is 2.58. The van der Waals surface area contributed by atoms with Gasteiger partial charge in [-0.15, -0.1) is 0 Å². The van der Waals surface area contributed by atoms with Gasteiger partial charge in [0.05, 0.1) is 6.04 Å². The van der Waals surface area contributed by atoms with E-state index in [0.29, 0.717) is 11.3 Å². The third-order valence-electron chi connectivity index (χ3n) is 3.21. The fourth-order valence-electron chi connectivity index (χ4n) is 2.14. The van der Waals surface area contributed by atoms with Crippen molar-refractivity contribution in [2.24, 2.45) is 0 Å². The minimum atomic E-state index is -0.910. The van der Waals surface area contributed by atoms with Gasteiger partial charge in [-0.05, 0) is 30.2 Å². The SMILES string of the molecule is C[C@H](NC(=O)c1cccc(C[S@](C)=O)c1)c1ccccc1. The summed E-state index contributed by atoms with van der Waals surface area (Å²) in [6.07, 6.45) is 1.66. The average Bonchev–Trinajstić information content (AvgIpc) is 2.47. The van der Waals surface area contributed by atoms with Crippen molar-refractivity contribution in [3.63, 3.8) is 0 Å². The first-order valence-corrected chi connectivity index (χ1v) is 8.54. The average molecular weight is 301 g/mol. The quantitative estimate of drug-likeness (QED) is 0.922. The van der Waals surface area contributed by atoms with Crippen molar-refractivity contribution in [1.29, 1.82) is 0 Å². The molecule has 2 rings (SSSR count). The number of nitrogens with one attached hydrogen (secondary N) is 1. The summed E-state index contributed by atoms with van der Waals surface area (Å²) in [5, 5.41) is 2.98. The van der Waals surface area contributed by atoms with Crippen molar-refractivity contribution < 1.29 is 9.00 Å². The lowest BCUT2D eigenvalue weighted by atomic mass is 10.1. The van der Waals surface area contributed by atoms with Crippen LogP contribution in [-0.2, 0) is 16.6 Å². The lowest BCUT2D eigenvalue weighted by Crippen LogP contribution is -2.26.